The summed E-state index contributed by atoms with van der Waals surface area (Å²) in [6.07, 6.45) is 5.36. The molecule has 0 radical (unpaired) electrons. The number of hydrogen-bond donors (Lipinski definition) is 0. The van der Waals surface area contributed by atoms with Gasteiger partial charge in [0.15, 0.2) is 0 Å². The topological polar surface area (TPSA) is 80.0 Å². The maximum absolute atomic E-state index is 13.5. The van der Waals surface area contributed by atoms with Crippen molar-refractivity contribution in [3.8, 4) is 5.69 Å². The Hall–Kier alpha value is -3.29. The first kappa shape index (κ1) is 18.7. The summed E-state index contributed by atoms with van der Waals surface area (Å²) in [6, 6.07) is 9.76. The molecule has 8 heteroatoms. The molecule has 0 aliphatic carbocycles. The lowest BCUT2D eigenvalue weighted by Crippen LogP contribution is -2.50. The number of aromatic nitrogens is 5. The molecule has 1 aromatic carbocycles. The largest absolute Gasteiger partial charge is 0.336 e. The number of carbonyl (C=O) groups excluding carboxylic acids is 1. The highest BCUT2D eigenvalue weighted by Gasteiger charge is 2.41. The van der Waals surface area contributed by atoms with Gasteiger partial charge in [-0.25, -0.2) is 9.97 Å². The molecule has 0 spiro atoms. The van der Waals surface area contributed by atoms with E-state index in [4.69, 9.17) is 0 Å². The third-order valence-corrected chi connectivity index (χ3v) is 6.15. The second-order valence-corrected chi connectivity index (χ2v) is 8.14. The zero-order valence-corrected chi connectivity index (χ0v) is 17.3. The molecule has 2 fully saturated rings. The summed E-state index contributed by atoms with van der Waals surface area (Å²) in [5.74, 6) is 1.38. The standard InChI is InChI=1S/C22H25N7O/c1-15-13-16(2)26-22(25-15)28-12-8-17-7-11-27(14-20(17)28)21(30)18-5-3-4-6-19(18)29-23-9-10-24-29/h3-6,9-10,13,17,20H,7-8,11-12,14H2,1-2H3/t17-,20-/m0/s1. The summed E-state index contributed by atoms with van der Waals surface area (Å²) < 4.78 is 0. The molecule has 154 valence electrons. The van der Waals surface area contributed by atoms with Crippen LogP contribution in [-0.4, -0.2) is 61.4 Å². The van der Waals surface area contributed by atoms with Gasteiger partial charge < -0.3 is 9.80 Å². The van der Waals surface area contributed by atoms with Gasteiger partial charge in [-0.2, -0.15) is 15.0 Å². The van der Waals surface area contributed by atoms with Gasteiger partial charge in [0.25, 0.3) is 5.91 Å². The van der Waals surface area contributed by atoms with Crippen LogP contribution >= 0.6 is 0 Å². The first-order chi connectivity index (χ1) is 14.6. The van der Waals surface area contributed by atoms with Crippen molar-refractivity contribution in [1.82, 2.24) is 29.9 Å². The van der Waals surface area contributed by atoms with Crippen LogP contribution in [0.25, 0.3) is 5.69 Å². The van der Waals surface area contributed by atoms with Gasteiger partial charge in [0.2, 0.25) is 5.95 Å². The first-order valence-electron chi connectivity index (χ1n) is 10.4. The van der Waals surface area contributed by atoms with Crippen LogP contribution in [0.15, 0.2) is 42.7 Å². The molecule has 8 nitrogen and oxygen atoms in total. The second-order valence-electron chi connectivity index (χ2n) is 8.14. The van der Waals surface area contributed by atoms with Crippen molar-refractivity contribution in [3.63, 3.8) is 0 Å². The number of aryl methyl sites for hydroxylation is 2. The number of para-hydroxylation sites is 1. The summed E-state index contributed by atoms with van der Waals surface area (Å²) >= 11 is 0. The number of anilines is 1. The summed E-state index contributed by atoms with van der Waals surface area (Å²) in [7, 11) is 0. The van der Waals surface area contributed by atoms with Crippen LogP contribution in [0.5, 0.6) is 0 Å². The van der Waals surface area contributed by atoms with E-state index in [0.717, 1.165) is 43.3 Å². The quantitative estimate of drug-likeness (QED) is 0.668. The van der Waals surface area contributed by atoms with Crippen molar-refractivity contribution >= 4 is 11.9 Å². The molecule has 2 saturated heterocycles. The Kier molecular flexibility index (Phi) is 4.69. The summed E-state index contributed by atoms with van der Waals surface area (Å²) in [5.41, 5.74) is 3.28. The fourth-order valence-corrected chi connectivity index (χ4v) is 4.75. The fourth-order valence-electron chi connectivity index (χ4n) is 4.75. The maximum Gasteiger partial charge on any atom is 0.256 e. The highest BCUT2D eigenvalue weighted by molar-refractivity contribution is 5.97. The highest BCUT2D eigenvalue weighted by Crippen LogP contribution is 2.34. The van der Waals surface area contributed by atoms with Crippen LogP contribution < -0.4 is 4.90 Å². The maximum atomic E-state index is 13.5. The Morgan fingerprint density at radius 3 is 2.47 bits per heavy atom. The van der Waals surface area contributed by atoms with Gasteiger partial charge in [0.1, 0.15) is 0 Å². The van der Waals surface area contributed by atoms with Gasteiger partial charge in [0, 0.05) is 31.0 Å². The number of fused-ring (bicyclic) bond motifs is 1. The molecule has 2 aliphatic heterocycles. The lowest BCUT2D eigenvalue weighted by Gasteiger charge is -2.38. The van der Waals surface area contributed by atoms with Gasteiger partial charge in [-0.15, -0.1) is 0 Å². The van der Waals surface area contributed by atoms with Gasteiger partial charge in [-0.05, 0) is 50.8 Å². The number of piperidine rings is 1. The van der Waals surface area contributed by atoms with E-state index in [2.05, 4.69) is 25.1 Å². The predicted molar refractivity (Wildman–Crippen MR) is 113 cm³/mol. The Bertz CT molecular complexity index is 1040. The van der Waals surface area contributed by atoms with E-state index in [-0.39, 0.29) is 11.9 Å². The minimum Gasteiger partial charge on any atom is -0.336 e. The van der Waals surface area contributed by atoms with E-state index in [0.29, 0.717) is 23.7 Å². The number of benzene rings is 1. The highest BCUT2D eigenvalue weighted by atomic mass is 16.2. The molecule has 0 unspecified atom stereocenters. The van der Waals surface area contributed by atoms with Crippen LogP contribution in [0.4, 0.5) is 5.95 Å². The van der Waals surface area contributed by atoms with E-state index >= 15 is 0 Å². The lowest BCUT2D eigenvalue weighted by atomic mass is 9.91. The second kappa shape index (κ2) is 7.51. The summed E-state index contributed by atoms with van der Waals surface area (Å²) in [6.45, 7) is 6.39. The molecule has 30 heavy (non-hydrogen) atoms. The van der Waals surface area contributed by atoms with E-state index in [1.807, 2.05) is 49.1 Å². The van der Waals surface area contributed by atoms with Crippen LogP contribution in [-0.2, 0) is 0 Å². The number of likely N-dealkylation sites (tertiary alicyclic amines) is 1. The third kappa shape index (κ3) is 3.32. The zero-order chi connectivity index (χ0) is 20.7. The minimum absolute atomic E-state index is 0.0227. The summed E-state index contributed by atoms with van der Waals surface area (Å²) in [4.78, 5) is 28.6. The summed E-state index contributed by atoms with van der Waals surface area (Å²) in [5, 5.41) is 8.41. The van der Waals surface area contributed by atoms with Gasteiger partial charge in [-0.1, -0.05) is 12.1 Å². The molecule has 2 atom stereocenters. The monoisotopic (exact) mass is 403 g/mol. The third-order valence-electron chi connectivity index (χ3n) is 6.15. The Morgan fingerprint density at radius 1 is 1.00 bits per heavy atom. The van der Waals surface area contributed by atoms with Crippen molar-refractivity contribution in [2.24, 2.45) is 5.92 Å². The van der Waals surface area contributed by atoms with Crippen LogP contribution in [0.2, 0.25) is 0 Å². The molecular formula is C22H25N7O. The number of rotatable bonds is 3. The molecule has 2 aliphatic rings. The fraction of sp³-hybridized carbons (Fsp3) is 0.409. The van der Waals surface area contributed by atoms with Crippen molar-refractivity contribution < 1.29 is 4.79 Å². The Morgan fingerprint density at radius 2 is 1.70 bits per heavy atom. The van der Waals surface area contributed by atoms with E-state index in [1.165, 1.54) is 4.80 Å². The van der Waals surface area contributed by atoms with Crippen molar-refractivity contribution in [3.05, 3.63) is 59.7 Å². The van der Waals surface area contributed by atoms with E-state index < -0.39 is 0 Å². The van der Waals surface area contributed by atoms with E-state index in [9.17, 15) is 4.79 Å². The Labute approximate surface area is 175 Å². The number of nitrogens with zero attached hydrogens (tertiary/aromatic N) is 7. The molecule has 0 N–H and O–H groups in total. The van der Waals surface area contributed by atoms with Crippen molar-refractivity contribution in [2.75, 3.05) is 24.5 Å². The molecule has 0 saturated carbocycles. The van der Waals surface area contributed by atoms with Crippen LogP contribution in [0, 0.1) is 19.8 Å². The molecule has 1 amide bonds. The normalized spacial score (nSPS) is 21.0. The molecule has 2 aromatic heterocycles. The minimum atomic E-state index is 0.0227. The van der Waals surface area contributed by atoms with Crippen LogP contribution in [0.3, 0.4) is 0 Å². The molecular weight excluding hydrogens is 378 g/mol. The average molecular weight is 403 g/mol. The predicted octanol–water partition coefficient (Wildman–Crippen LogP) is 2.42. The first-order valence-corrected chi connectivity index (χ1v) is 10.4. The number of hydrogen-bond acceptors (Lipinski definition) is 6. The molecule has 4 heterocycles. The van der Waals surface area contributed by atoms with Crippen LogP contribution in [0.1, 0.15) is 34.6 Å². The molecule has 5 rings (SSSR count). The number of amides is 1. The SMILES string of the molecule is Cc1cc(C)nc(N2CC[C@@H]3CCN(C(=O)c4ccccc4-n4nccn4)C[C@@H]32)n1. The number of carbonyl (C=O) groups is 1. The van der Waals surface area contributed by atoms with Gasteiger partial charge >= 0.3 is 0 Å². The Balaban J connectivity index is 1.41. The van der Waals surface area contributed by atoms with Crippen molar-refractivity contribution in [1.29, 1.82) is 0 Å². The van der Waals surface area contributed by atoms with Gasteiger partial charge in [-0.3, -0.25) is 4.79 Å². The van der Waals surface area contributed by atoms with E-state index in [1.54, 1.807) is 12.4 Å². The smallest absolute Gasteiger partial charge is 0.256 e. The molecule has 0 bridgehead atoms. The zero-order valence-electron chi connectivity index (χ0n) is 17.3. The average Bonchev–Trinajstić information content (AvgIpc) is 3.42. The van der Waals surface area contributed by atoms with Crippen molar-refractivity contribution in [2.45, 2.75) is 32.7 Å². The molecule has 3 aromatic rings. The lowest BCUT2D eigenvalue weighted by molar-refractivity contribution is 0.0678. The van der Waals surface area contributed by atoms with Gasteiger partial charge in [0.05, 0.1) is 29.7 Å².